The molecule has 114 valence electrons. The molecule has 1 aliphatic carbocycles. The molecule has 2 N–H and O–H groups in total. The van der Waals surface area contributed by atoms with E-state index in [1.807, 2.05) is 12.5 Å². The van der Waals surface area contributed by atoms with E-state index in [0.29, 0.717) is 18.1 Å². The highest BCUT2D eigenvalue weighted by Crippen LogP contribution is 2.23. The fourth-order valence-electron chi connectivity index (χ4n) is 3.14. The Morgan fingerprint density at radius 3 is 2.65 bits per heavy atom. The molecule has 0 radical (unpaired) electrons. The van der Waals surface area contributed by atoms with Crippen LogP contribution in [0.3, 0.4) is 0 Å². The highest BCUT2D eigenvalue weighted by atomic mass is 16.5. The molecule has 4 nitrogen and oxygen atoms in total. The first kappa shape index (κ1) is 15.5. The quantitative estimate of drug-likeness (QED) is 0.834. The maximum absolute atomic E-state index is 6.00. The number of ether oxygens (including phenoxy) is 1. The van der Waals surface area contributed by atoms with Crippen molar-refractivity contribution in [2.24, 2.45) is 5.73 Å². The summed E-state index contributed by atoms with van der Waals surface area (Å²) >= 11 is 0. The molecule has 2 rings (SSSR count). The first-order valence-corrected chi connectivity index (χ1v) is 8.11. The maximum atomic E-state index is 6.00. The van der Waals surface area contributed by atoms with Crippen LogP contribution >= 0.6 is 0 Å². The lowest BCUT2D eigenvalue weighted by atomic mass is 9.94. The molecule has 4 heteroatoms. The average Bonchev–Trinajstić information content (AvgIpc) is 2.91. The lowest BCUT2D eigenvalue weighted by molar-refractivity contribution is 0.0206. The first-order valence-electron chi connectivity index (χ1n) is 8.11. The molecule has 1 aromatic rings. The van der Waals surface area contributed by atoms with E-state index < -0.39 is 0 Å². The Kier molecular flexibility index (Phi) is 6.05. The summed E-state index contributed by atoms with van der Waals surface area (Å²) in [5.41, 5.74) is 7.27. The maximum Gasteiger partial charge on any atom is 0.0949 e. The van der Waals surface area contributed by atoms with Gasteiger partial charge in [-0.1, -0.05) is 13.8 Å². The zero-order valence-corrected chi connectivity index (χ0v) is 12.9. The molecule has 0 unspecified atom stereocenters. The van der Waals surface area contributed by atoms with Crippen molar-refractivity contribution in [1.29, 1.82) is 0 Å². The number of hydrogen-bond acceptors (Lipinski definition) is 3. The molecule has 1 aliphatic rings. The number of aromatic nitrogens is 2. The van der Waals surface area contributed by atoms with E-state index in [-0.39, 0.29) is 0 Å². The van der Waals surface area contributed by atoms with Crippen molar-refractivity contribution in [1.82, 2.24) is 9.55 Å². The van der Waals surface area contributed by atoms with Crippen molar-refractivity contribution in [2.45, 2.75) is 77.0 Å². The highest BCUT2D eigenvalue weighted by Gasteiger charge is 2.19. The predicted molar refractivity (Wildman–Crippen MR) is 81.7 cm³/mol. The molecule has 0 amide bonds. The molecule has 1 aromatic heterocycles. The Morgan fingerprint density at radius 2 is 2.00 bits per heavy atom. The van der Waals surface area contributed by atoms with Gasteiger partial charge in [0.25, 0.3) is 0 Å². The standard InChI is InChI=1S/C16H29N3O/c1-3-13(4-2)16-11-18-12-19(16)9-10-20-15-7-5-14(17)6-8-15/h11-15H,3-10,17H2,1-2H3. The third-order valence-corrected chi connectivity index (χ3v) is 4.55. The van der Waals surface area contributed by atoms with E-state index in [4.69, 9.17) is 10.5 Å². The fourth-order valence-corrected chi connectivity index (χ4v) is 3.14. The van der Waals surface area contributed by atoms with Crippen LogP contribution in [0.4, 0.5) is 0 Å². The van der Waals surface area contributed by atoms with Gasteiger partial charge in [-0.05, 0) is 38.5 Å². The van der Waals surface area contributed by atoms with Gasteiger partial charge in [-0.2, -0.15) is 0 Å². The van der Waals surface area contributed by atoms with Crippen molar-refractivity contribution >= 4 is 0 Å². The van der Waals surface area contributed by atoms with Crippen LogP contribution in [-0.2, 0) is 11.3 Å². The summed E-state index contributed by atoms with van der Waals surface area (Å²) < 4.78 is 8.26. The molecular formula is C16H29N3O. The molecule has 0 atom stereocenters. The summed E-state index contributed by atoms with van der Waals surface area (Å²) in [4.78, 5) is 4.31. The molecule has 0 spiro atoms. The van der Waals surface area contributed by atoms with E-state index >= 15 is 0 Å². The Hall–Kier alpha value is -0.870. The molecule has 0 saturated heterocycles. The van der Waals surface area contributed by atoms with Crippen molar-refractivity contribution in [3.8, 4) is 0 Å². The van der Waals surface area contributed by atoms with Gasteiger partial charge < -0.3 is 15.0 Å². The van der Waals surface area contributed by atoms with E-state index in [0.717, 1.165) is 38.8 Å². The SMILES string of the molecule is CCC(CC)c1cncn1CCOC1CCC(N)CC1. The summed E-state index contributed by atoms with van der Waals surface area (Å²) in [6, 6.07) is 0.393. The Labute approximate surface area is 122 Å². The fraction of sp³-hybridized carbons (Fsp3) is 0.812. The second-order valence-electron chi connectivity index (χ2n) is 5.93. The van der Waals surface area contributed by atoms with Gasteiger partial charge >= 0.3 is 0 Å². The van der Waals surface area contributed by atoms with E-state index in [9.17, 15) is 0 Å². The van der Waals surface area contributed by atoms with Gasteiger partial charge in [-0.25, -0.2) is 4.98 Å². The van der Waals surface area contributed by atoms with Crippen LogP contribution in [0.25, 0.3) is 0 Å². The van der Waals surface area contributed by atoms with Crippen molar-refractivity contribution in [2.75, 3.05) is 6.61 Å². The lowest BCUT2D eigenvalue weighted by Gasteiger charge is -2.26. The number of nitrogens with zero attached hydrogens (tertiary/aromatic N) is 2. The second-order valence-corrected chi connectivity index (χ2v) is 5.93. The molecule has 1 heterocycles. The topological polar surface area (TPSA) is 53.1 Å². The van der Waals surface area contributed by atoms with Gasteiger partial charge in [0, 0.05) is 30.4 Å². The van der Waals surface area contributed by atoms with Crippen LogP contribution in [0.5, 0.6) is 0 Å². The van der Waals surface area contributed by atoms with Crippen LogP contribution in [0.1, 0.15) is 64.0 Å². The van der Waals surface area contributed by atoms with E-state index in [1.54, 1.807) is 0 Å². The van der Waals surface area contributed by atoms with Gasteiger partial charge in [0.05, 0.1) is 19.0 Å². The third-order valence-electron chi connectivity index (χ3n) is 4.55. The Bertz CT molecular complexity index is 379. The average molecular weight is 279 g/mol. The molecule has 0 aliphatic heterocycles. The van der Waals surface area contributed by atoms with Gasteiger partial charge in [-0.3, -0.25) is 0 Å². The lowest BCUT2D eigenvalue weighted by Crippen LogP contribution is -2.30. The number of rotatable bonds is 7. The highest BCUT2D eigenvalue weighted by molar-refractivity contribution is 5.05. The molecule has 1 fully saturated rings. The number of hydrogen-bond donors (Lipinski definition) is 1. The third kappa shape index (κ3) is 4.06. The smallest absolute Gasteiger partial charge is 0.0949 e. The molecule has 0 aromatic carbocycles. The second kappa shape index (κ2) is 7.79. The molecule has 20 heavy (non-hydrogen) atoms. The van der Waals surface area contributed by atoms with Gasteiger partial charge in [0.15, 0.2) is 0 Å². The Balaban J connectivity index is 1.78. The zero-order chi connectivity index (χ0) is 14.4. The minimum atomic E-state index is 0.393. The summed E-state index contributed by atoms with van der Waals surface area (Å²) in [5.74, 6) is 0.616. The van der Waals surface area contributed by atoms with Gasteiger partial charge in [-0.15, -0.1) is 0 Å². The minimum absolute atomic E-state index is 0.393. The van der Waals surface area contributed by atoms with Gasteiger partial charge in [0.2, 0.25) is 0 Å². The molecule has 0 bridgehead atoms. The van der Waals surface area contributed by atoms with E-state index in [2.05, 4.69) is 23.4 Å². The summed E-state index contributed by atoms with van der Waals surface area (Å²) in [6.07, 6.45) is 11.1. The van der Waals surface area contributed by atoms with Crippen LogP contribution in [0.2, 0.25) is 0 Å². The number of nitrogens with two attached hydrogens (primary N) is 1. The van der Waals surface area contributed by atoms with Crippen molar-refractivity contribution in [3.05, 3.63) is 18.2 Å². The van der Waals surface area contributed by atoms with Crippen molar-refractivity contribution in [3.63, 3.8) is 0 Å². The summed E-state index contributed by atoms with van der Waals surface area (Å²) in [6.45, 7) is 6.18. The van der Waals surface area contributed by atoms with Gasteiger partial charge in [0.1, 0.15) is 0 Å². The molecule has 1 saturated carbocycles. The minimum Gasteiger partial charge on any atom is -0.376 e. The van der Waals surface area contributed by atoms with Crippen LogP contribution in [-0.4, -0.2) is 28.3 Å². The normalized spacial score (nSPS) is 23.4. The van der Waals surface area contributed by atoms with Crippen molar-refractivity contribution < 1.29 is 4.74 Å². The summed E-state index contributed by atoms with van der Waals surface area (Å²) in [5, 5.41) is 0. The van der Waals surface area contributed by atoms with Crippen LogP contribution in [0, 0.1) is 0 Å². The van der Waals surface area contributed by atoms with E-state index in [1.165, 1.54) is 18.5 Å². The predicted octanol–water partition coefficient (Wildman–Crippen LogP) is 3.07. The Morgan fingerprint density at radius 1 is 1.30 bits per heavy atom. The first-order chi connectivity index (χ1) is 9.74. The van der Waals surface area contributed by atoms with Crippen LogP contribution < -0.4 is 5.73 Å². The monoisotopic (exact) mass is 279 g/mol. The summed E-state index contributed by atoms with van der Waals surface area (Å²) in [7, 11) is 0. The zero-order valence-electron chi connectivity index (χ0n) is 12.9. The molecular weight excluding hydrogens is 250 g/mol. The van der Waals surface area contributed by atoms with Crippen LogP contribution in [0.15, 0.2) is 12.5 Å². The number of imidazole rings is 1. The largest absolute Gasteiger partial charge is 0.376 e.